The molecule has 1 heterocycles. The van der Waals surface area contributed by atoms with Crippen LogP contribution < -0.4 is 10.4 Å². The van der Waals surface area contributed by atoms with E-state index in [0.717, 1.165) is 4.47 Å². The molecular weight excluding hydrogens is 351 g/mol. The number of anilines is 1. The molecule has 2 aromatic rings. The average Bonchev–Trinajstić information content (AvgIpc) is 2.78. The largest absolute Gasteiger partial charge is 0.282 e. The molecular formula is C16H10BrFN2O2. The van der Waals surface area contributed by atoms with E-state index in [1.54, 1.807) is 24.3 Å². The molecule has 22 heavy (non-hydrogen) atoms. The number of carbonyl (C=O) groups is 2. The molecule has 1 saturated heterocycles. The van der Waals surface area contributed by atoms with Crippen LogP contribution >= 0.6 is 15.9 Å². The normalized spacial score (nSPS) is 16.3. The standard InChI is InChI=1S/C16H10BrFN2O2/c17-11-3-7-13(8-4-11)20-16(22)14(15(21)19-20)9-10-1-5-12(18)6-2-10/h1-9H,(H,19,21)/b14-9+. The van der Waals surface area contributed by atoms with Gasteiger partial charge in [-0.05, 0) is 48.0 Å². The van der Waals surface area contributed by atoms with Crippen LogP contribution in [-0.2, 0) is 9.59 Å². The fraction of sp³-hybridized carbons (Fsp3) is 0. The predicted molar refractivity (Wildman–Crippen MR) is 84.1 cm³/mol. The third kappa shape index (κ3) is 2.78. The zero-order chi connectivity index (χ0) is 15.7. The van der Waals surface area contributed by atoms with Gasteiger partial charge in [0.2, 0.25) is 0 Å². The van der Waals surface area contributed by atoms with Crippen LogP contribution in [0.3, 0.4) is 0 Å². The highest BCUT2D eigenvalue weighted by Gasteiger charge is 2.34. The fourth-order valence-corrected chi connectivity index (χ4v) is 2.32. The quantitative estimate of drug-likeness (QED) is 0.660. The SMILES string of the molecule is O=C1NN(c2ccc(Br)cc2)C(=O)/C1=C/c1ccc(F)cc1. The number of halogens is 2. The minimum atomic E-state index is -0.489. The topological polar surface area (TPSA) is 49.4 Å². The maximum absolute atomic E-state index is 12.9. The van der Waals surface area contributed by atoms with E-state index in [2.05, 4.69) is 21.4 Å². The molecule has 0 unspecified atom stereocenters. The van der Waals surface area contributed by atoms with E-state index in [1.165, 1.54) is 35.4 Å². The first kappa shape index (κ1) is 14.5. The van der Waals surface area contributed by atoms with Crippen LogP contribution in [0.2, 0.25) is 0 Å². The van der Waals surface area contributed by atoms with Gasteiger partial charge in [-0.1, -0.05) is 28.1 Å². The number of hydrazine groups is 1. The van der Waals surface area contributed by atoms with Crippen molar-refractivity contribution in [1.82, 2.24) is 5.43 Å². The smallest absolute Gasteiger partial charge is 0.267 e. The summed E-state index contributed by atoms with van der Waals surface area (Å²) < 4.78 is 13.8. The van der Waals surface area contributed by atoms with Crippen molar-refractivity contribution in [3.05, 3.63) is 70.0 Å². The molecule has 0 aliphatic carbocycles. The first-order chi connectivity index (χ1) is 10.5. The van der Waals surface area contributed by atoms with Gasteiger partial charge in [0, 0.05) is 4.47 Å². The summed E-state index contributed by atoms with van der Waals surface area (Å²) in [7, 11) is 0. The second-order valence-electron chi connectivity index (χ2n) is 4.67. The molecule has 1 N–H and O–H groups in total. The summed E-state index contributed by atoms with van der Waals surface area (Å²) in [6, 6.07) is 12.5. The lowest BCUT2D eigenvalue weighted by atomic mass is 10.1. The molecule has 1 aliphatic rings. The van der Waals surface area contributed by atoms with Gasteiger partial charge < -0.3 is 0 Å². The number of nitrogens with zero attached hydrogens (tertiary/aromatic N) is 1. The van der Waals surface area contributed by atoms with Gasteiger partial charge in [-0.3, -0.25) is 15.0 Å². The Morgan fingerprint density at radius 3 is 2.27 bits per heavy atom. The number of rotatable bonds is 2. The van der Waals surface area contributed by atoms with Crippen molar-refractivity contribution in [3.63, 3.8) is 0 Å². The molecule has 0 atom stereocenters. The van der Waals surface area contributed by atoms with Crippen LogP contribution in [0.1, 0.15) is 5.56 Å². The number of hydrogen-bond donors (Lipinski definition) is 1. The van der Waals surface area contributed by atoms with Crippen LogP contribution in [0.4, 0.5) is 10.1 Å². The van der Waals surface area contributed by atoms with Gasteiger partial charge in [-0.25, -0.2) is 9.40 Å². The van der Waals surface area contributed by atoms with Crippen LogP contribution in [-0.4, -0.2) is 11.8 Å². The first-order valence-electron chi connectivity index (χ1n) is 6.43. The summed E-state index contributed by atoms with van der Waals surface area (Å²) in [6.45, 7) is 0. The Labute approximate surface area is 134 Å². The van der Waals surface area contributed by atoms with Crippen molar-refractivity contribution in [1.29, 1.82) is 0 Å². The Kier molecular flexibility index (Phi) is 3.77. The number of carbonyl (C=O) groups excluding carboxylic acids is 2. The molecule has 2 aromatic carbocycles. The van der Waals surface area contributed by atoms with Gasteiger partial charge >= 0.3 is 0 Å². The van der Waals surface area contributed by atoms with Gasteiger partial charge in [-0.2, -0.15) is 0 Å². The molecule has 1 fully saturated rings. The number of hydrogen-bond acceptors (Lipinski definition) is 2. The highest BCUT2D eigenvalue weighted by atomic mass is 79.9. The molecule has 6 heteroatoms. The van der Waals surface area contributed by atoms with E-state index in [0.29, 0.717) is 11.3 Å². The Morgan fingerprint density at radius 2 is 1.64 bits per heavy atom. The summed E-state index contributed by atoms with van der Waals surface area (Å²) in [6.07, 6.45) is 1.44. The Bertz CT molecular complexity index is 770. The lowest BCUT2D eigenvalue weighted by molar-refractivity contribution is -0.117. The summed E-state index contributed by atoms with van der Waals surface area (Å²) in [4.78, 5) is 24.3. The van der Waals surface area contributed by atoms with Crippen molar-refractivity contribution in [2.24, 2.45) is 0 Å². The highest BCUT2D eigenvalue weighted by Crippen LogP contribution is 2.23. The van der Waals surface area contributed by atoms with Gasteiger partial charge in [0.15, 0.2) is 0 Å². The number of amides is 2. The molecule has 2 amide bonds. The van der Waals surface area contributed by atoms with Gasteiger partial charge in [-0.15, -0.1) is 0 Å². The minimum Gasteiger partial charge on any atom is -0.267 e. The van der Waals surface area contributed by atoms with Crippen molar-refractivity contribution in [3.8, 4) is 0 Å². The molecule has 0 spiro atoms. The maximum atomic E-state index is 12.9. The molecule has 110 valence electrons. The monoisotopic (exact) mass is 360 g/mol. The second-order valence-corrected chi connectivity index (χ2v) is 5.58. The van der Waals surface area contributed by atoms with E-state index in [-0.39, 0.29) is 11.4 Å². The Morgan fingerprint density at radius 1 is 1.00 bits per heavy atom. The Hall–Kier alpha value is -2.47. The zero-order valence-electron chi connectivity index (χ0n) is 11.2. The third-order valence-electron chi connectivity index (χ3n) is 3.16. The molecule has 0 aromatic heterocycles. The molecule has 0 radical (unpaired) electrons. The van der Waals surface area contributed by atoms with Crippen molar-refractivity contribution in [2.45, 2.75) is 0 Å². The van der Waals surface area contributed by atoms with Crippen LogP contribution in [0.5, 0.6) is 0 Å². The predicted octanol–water partition coefficient (Wildman–Crippen LogP) is 3.05. The van der Waals surface area contributed by atoms with Gasteiger partial charge in [0.1, 0.15) is 11.4 Å². The fourth-order valence-electron chi connectivity index (χ4n) is 2.06. The Balaban J connectivity index is 1.91. The van der Waals surface area contributed by atoms with Crippen LogP contribution in [0.25, 0.3) is 6.08 Å². The van der Waals surface area contributed by atoms with Crippen LogP contribution in [0.15, 0.2) is 58.6 Å². The summed E-state index contributed by atoms with van der Waals surface area (Å²) in [5.41, 5.74) is 3.66. The molecule has 1 aliphatic heterocycles. The van der Waals surface area contributed by atoms with Crippen molar-refractivity contribution < 1.29 is 14.0 Å². The van der Waals surface area contributed by atoms with E-state index in [4.69, 9.17) is 0 Å². The molecule has 0 bridgehead atoms. The van der Waals surface area contributed by atoms with E-state index in [1.807, 2.05) is 0 Å². The third-order valence-corrected chi connectivity index (χ3v) is 3.69. The zero-order valence-corrected chi connectivity index (χ0v) is 12.8. The summed E-state index contributed by atoms with van der Waals surface area (Å²) in [5.74, 6) is -1.31. The van der Waals surface area contributed by atoms with Crippen molar-refractivity contribution >= 4 is 39.5 Å². The highest BCUT2D eigenvalue weighted by molar-refractivity contribution is 9.10. The minimum absolute atomic E-state index is 0.00882. The molecule has 3 rings (SSSR count). The average molecular weight is 361 g/mol. The molecule has 4 nitrogen and oxygen atoms in total. The maximum Gasteiger partial charge on any atom is 0.282 e. The summed E-state index contributed by atoms with van der Waals surface area (Å²) in [5, 5.41) is 1.18. The second kappa shape index (κ2) is 5.73. The first-order valence-corrected chi connectivity index (χ1v) is 7.22. The lowest BCUT2D eigenvalue weighted by Crippen LogP contribution is -2.35. The summed E-state index contributed by atoms with van der Waals surface area (Å²) >= 11 is 3.31. The van der Waals surface area contributed by atoms with Gasteiger partial charge in [0.05, 0.1) is 5.69 Å². The van der Waals surface area contributed by atoms with E-state index < -0.39 is 11.8 Å². The molecule has 0 saturated carbocycles. The van der Waals surface area contributed by atoms with E-state index in [9.17, 15) is 14.0 Å². The number of benzene rings is 2. The number of nitrogens with one attached hydrogen (secondary N) is 1. The van der Waals surface area contributed by atoms with Crippen molar-refractivity contribution in [2.75, 3.05) is 5.01 Å². The van der Waals surface area contributed by atoms with Gasteiger partial charge in [0.25, 0.3) is 11.8 Å². The van der Waals surface area contributed by atoms with E-state index >= 15 is 0 Å². The lowest BCUT2D eigenvalue weighted by Gasteiger charge is -2.14. The van der Waals surface area contributed by atoms with Crippen LogP contribution in [0, 0.1) is 5.82 Å².